The van der Waals surface area contributed by atoms with Gasteiger partial charge in [0.15, 0.2) is 12.1 Å². The molecule has 0 aliphatic heterocycles. The van der Waals surface area contributed by atoms with Gasteiger partial charge in [0, 0.05) is 22.9 Å². The molecule has 1 rings (SSSR count). The smallest absolute Gasteiger partial charge is 0.164 e. The van der Waals surface area contributed by atoms with E-state index >= 15 is 0 Å². The van der Waals surface area contributed by atoms with Crippen molar-refractivity contribution >= 4 is 28.0 Å². The number of benzene rings is 1. The first-order valence-electron chi connectivity index (χ1n) is 3.93. The molecule has 68 valence electrons. The Labute approximate surface area is 85.1 Å². The van der Waals surface area contributed by atoms with Gasteiger partial charge in [-0.1, -0.05) is 40.2 Å². The van der Waals surface area contributed by atoms with Crippen LogP contribution in [0.3, 0.4) is 0 Å². The summed E-state index contributed by atoms with van der Waals surface area (Å²) in [6, 6.07) is 6.83. The molecule has 0 fully saturated rings. The molecule has 0 saturated heterocycles. The number of hydrogen-bond acceptors (Lipinski definition) is 2. The summed E-state index contributed by atoms with van der Waals surface area (Å²) in [6.45, 7) is 0. The molecule has 3 heteroatoms. The molecule has 0 bridgehead atoms. The van der Waals surface area contributed by atoms with Crippen molar-refractivity contribution in [3.63, 3.8) is 0 Å². The van der Waals surface area contributed by atoms with Crippen LogP contribution in [0.25, 0.3) is 0 Å². The van der Waals surface area contributed by atoms with Gasteiger partial charge in [0.1, 0.15) is 0 Å². The lowest BCUT2D eigenvalue weighted by Crippen LogP contribution is -2.03. The summed E-state index contributed by atoms with van der Waals surface area (Å²) in [5.41, 5.74) is 0.977. The average molecular weight is 241 g/mol. The molecule has 0 spiro atoms. The van der Waals surface area contributed by atoms with Crippen molar-refractivity contribution in [3.05, 3.63) is 35.4 Å². The zero-order valence-electron chi connectivity index (χ0n) is 7.00. The second kappa shape index (κ2) is 4.92. The zero-order valence-corrected chi connectivity index (χ0v) is 8.58. The lowest BCUT2D eigenvalue weighted by atomic mass is 10.0. The molecule has 0 aliphatic carbocycles. The number of carbonyl (C=O) groups excluding carboxylic acids is 2. The molecule has 0 heterocycles. The Morgan fingerprint density at radius 3 is 2.69 bits per heavy atom. The molecule has 0 radical (unpaired) electrons. The Kier molecular flexibility index (Phi) is 3.83. The number of ketones is 1. The summed E-state index contributed by atoms with van der Waals surface area (Å²) in [6.07, 6.45) is 1.13. The second-order valence-electron chi connectivity index (χ2n) is 2.57. The second-order valence-corrected chi connectivity index (χ2v) is 3.36. The maximum absolute atomic E-state index is 11.4. The highest BCUT2D eigenvalue weighted by Crippen LogP contribution is 2.09. The summed E-state index contributed by atoms with van der Waals surface area (Å²) >= 11 is 3.18. The van der Waals surface area contributed by atoms with Crippen LogP contribution in [0.15, 0.2) is 24.3 Å². The fraction of sp³-hybridized carbons (Fsp3) is 0.200. The van der Waals surface area contributed by atoms with E-state index in [1.807, 2.05) is 0 Å². The predicted molar refractivity (Wildman–Crippen MR) is 54.6 cm³/mol. The van der Waals surface area contributed by atoms with Crippen molar-refractivity contribution in [2.24, 2.45) is 0 Å². The highest BCUT2D eigenvalue weighted by molar-refractivity contribution is 9.09. The monoisotopic (exact) mass is 240 g/mol. The standard InChI is InChI=1S/C10H9BrO2/c11-6-5-10(13)9-4-2-1-3-8(9)7-12/h1-4,7H,5-6H2. The number of Topliss-reactive ketones (excluding diaryl/α,β-unsaturated/α-hetero) is 1. The molecular formula is C10H9BrO2. The summed E-state index contributed by atoms with van der Waals surface area (Å²) < 4.78 is 0. The van der Waals surface area contributed by atoms with Gasteiger partial charge >= 0.3 is 0 Å². The van der Waals surface area contributed by atoms with Gasteiger partial charge < -0.3 is 0 Å². The van der Waals surface area contributed by atoms with Crippen LogP contribution in [0.4, 0.5) is 0 Å². The van der Waals surface area contributed by atoms with Crippen LogP contribution >= 0.6 is 15.9 Å². The van der Waals surface area contributed by atoms with E-state index in [9.17, 15) is 9.59 Å². The minimum absolute atomic E-state index is 0.000394. The fourth-order valence-corrected chi connectivity index (χ4v) is 1.43. The molecule has 0 amide bonds. The molecule has 0 aromatic heterocycles. The molecule has 2 nitrogen and oxygen atoms in total. The van der Waals surface area contributed by atoms with Gasteiger partial charge in [-0.25, -0.2) is 0 Å². The highest BCUT2D eigenvalue weighted by atomic mass is 79.9. The third kappa shape index (κ3) is 2.49. The fourth-order valence-electron chi connectivity index (χ4n) is 1.07. The minimum atomic E-state index is -0.000394. The molecule has 0 unspecified atom stereocenters. The first-order valence-corrected chi connectivity index (χ1v) is 5.05. The molecule has 0 aliphatic rings. The Morgan fingerprint density at radius 2 is 2.08 bits per heavy atom. The number of hydrogen-bond donors (Lipinski definition) is 0. The first kappa shape index (κ1) is 10.1. The van der Waals surface area contributed by atoms with Crippen LogP contribution in [0.2, 0.25) is 0 Å². The van der Waals surface area contributed by atoms with E-state index in [2.05, 4.69) is 15.9 Å². The lowest BCUT2D eigenvalue weighted by molar-refractivity contribution is 0.0983. The molecule has 0 N–H and O–H groups in total. The predicted octanol–water partition coefficient (Wildman–Crippen LogP) is 2.47. The minimum Gasteiger partial charge on any atom is -0.298 e. The maximum atomic E-state index is 11.4. The molecule has 1 aromatic rings. The lowest BCUT2D eigenvalue weighted by Gasteiger charge is -2.00. The molecule has 0 saturated carbocycles. The number of aldehydes is 1. The number of alkyl halides is 1. The molecule has 1 aromatic carbocycles. The Balaban J connectivity index is 2.98. The maximum Gasteiger partial charge on any atom is 0.164 e. The summed E-state index contributed by atoms with van der Waals surface area (Å²) in [7, 11) is 0. The van der Waals surface area contributed by atoms with Gasteiger partial charge in [-0.15, -0.1) is 0 Å². The van der Waals surface area contributed by atoms with Gasteiger partial charge in [0.25, 0.3) is 0 Å². The normalized spacial score (nSPS) is 9.62. The summed E-state index contributed by atoms with van der Waals surface area (Å²) in [4.78, 5) is 22.0. The van der Waals surface area contributed by atoms with Crippen LogP contribution in [0, 0.1) is 0 Å². The quantitative estimate of drug-likeness (QED) is 0.461. The van der Waals surface area contributed by atoms with Crippen molar-refractivity contribution in [1.29, 1.82) is 0 Å². The van der Waals surface area contributed by atoms with E-state index in [1.165, 1.54) is 0 Å². The Hall–Kier alpha value is -0.960. The summed E-state index contributed by atoms with van der Waals surface area (Å²) in [5.74, 6) is -0.000394. The van der Waals surface area contributed by atoms with E-state index in [4.69, 9.17) is 0 Å². The van der Waals surface area contributed by atoms with Gasteiger partial charge in [0.2, 0.25) is 0 Å². The molecule has 13 heavy (non-hydrogen) atoms. The van der Waals surface area contributed by atoms with E-state index in [0.29, 0.717) is 29.2 Å². The van der Waals surface area contributed by atoms with Crippen LogP contribution in [-0.4, -0.2) is 17.4 Å². The van der Waals surface area contributed by atoms with E-state index in [0.717, 1.165) is 0 Å². The van der Waals surface area contributed by atoms with Crippen LogP contribution < -0.4 is 0 Å². The highest BCUT2D eigenvalue weighted by Gasteiger charge is 2.08. The average Bonchev–Trinajstić information content (AvgIpc) is 2.18. The Morgan fingerprint density at radius 1 is 1.38 bits per heavy atom. The van der Waals surface area contributed by atoms with Crippen LogP contribution in [0.5, 0.6) is 0 Å². The van der Waals surface area contributed by atoms with E-state index < -0.39 is 0 Å². The SMILES string of the molecule is O=Cc1ccccc1C(=O)CCBr. The van der Waals surface area contributed by atoms with Gasteiger partial charge in [-0.3, -0.25) is 9.59 Å². The van der Waals surface area contributed by atoms with Crippen molar-refractivity contribution in [1.82, 2.24) is 0 Å². The van der Waals surface area contributed by atoms with Gasteiger partial charge in [-0.05, 0) is 0 Å². The Bertz CT molecular complexity index is 320. The van der Waals surface area contributed by atoms with Crippen molar-refractivity contribution in [2.75, 3.05) is 5.33 Å². The molecule has 0 atom stereocenters. The first-order chi connectivity index (χ1) is 6.29. The van der Waals surface area contributed by atoms with Crippen molar-refractivity contribution in [2.45, 2.75) is 6.42 Å². The largest absolute Gasteiger partial charge is 0.298 e. The van der Waals surface area contributed by atoms with Crippen molar-refractivity contribution in [3.8, 4) is 0 Å². The zero-order chi connectivity index (χ0) is 9.68. The molecular weight excluding hydrogens is 232 g/mol. The van der Waals surface area contributed by atoms with Gasteiger partial charge in [0.05, 0.1) is 0 Å². The van der Waals surface area contributed by atoms with Crippen molar-refractivity contribution < 1.29 is 9.59 Å². The van der Waals surface area contributed by atoms with E-state index in [1.54, 1.807) is 24.3 Å². The topological polar surface area (TPSA) is 34.1 Å². The number of halogens is 1. The third-order valence-corrected chi connectivity index (χ3v) is 2.11. The van der Waals surface area contributed by atoms with Crippen LogP contribution in [0.1, 0.15) is 27.1 Å². The van der Waals surface area contributed by atoms with Gasteiger partial charge in [-0.2, -0.15) is 0 Å². The van der Waals surface area contributed by atoms with E-state index in [-0.39, 0.29) is 5.78 Å². The van der Waals surface area contributed by atoms with Crippen LogP contribution in [-0.2, 0) is 0 Å². The number of rotatable bonds is 4. The third-order valence-electron chi connectivity index (χ3n) is 1.71. The number of carbonyl (C=O) groups is 2. The summed E-state index contributed by atoms with van der Waals surface area (Å²) in [5, 5.41) is 0.624.